The molecular weight excluding hydrogens is 326 g/mol. The summed E-state index contributed by atoms with van der Waals surface area (Å²) in [5.41, 5.74) is 4.29. The molecule has 1 amide bonds. The fourth-order valence-electron chi connectivity index (χ4n) is 3.20. The summed E-state index contributed by atoms with van der Waals surface area (Å²) in [6.07, 6.45) is 0.868. The smallest absolute Gasteiger partial charge is 0.274 e. The predicted octanol–water partition coefficient (Wildman–Crippen LogP) is 2.66. The van der Waals surface area contributed by atoms with Gasteiger partial charge in [-0.05, 0) is 44.5 Å². The molecule has 138 valence electrons. The number of aromatic nitrogens is 2. The first-order chi connectivity index (χ1) is 12.5. The average Bonchev–Trinajstić information content (AvgIpc) is 2.63. The van der Waals surface area contributed by atoms with Crippen LogP contribution in [0.1, 0.15) is 34.2 Å². The molecule has 0 unspecified atom stereocenters. The van der Waals surface area contributed by atoms with Gasteiger partial charge in [0.1, 0.15) is 5.69 Å². The molecule has 0 aliphatic carbocycles. The van der Waals surface area contributed by atoms with Crippen LogP contribution in [-0.2, 0) is 6.42 Å². The minimum atomic E-state index is -0.185. The summed E-state index contributed by atoms with van der Waals surface area (Å²) in [5, 5.41) is 3.05. The van der Waals surface area contributed by atoms with Gasteiger partial charge in [0.2, 0.25) is 5.95 Å². The van der Waals surface area contributed by atoms with Gasteiger partial charge in [-0.25, -0.2) is 9.97 Å². The van der Waals surface area contributed by atoms with E-state index in [1.54, 1.807) is 6.07 Å². The van der Waals surface area contributed by atoms with Crippen LogP contribution in [-0.4, -0.2) is 54.0 Å². The van der Waals surface area contributed by atoms with Crippen LogP contribution >= 0.6 is 0 Å². The number of hydrogen-bond donors (Lipinski definition) is 1. The summed E-state index contributed by atoms with van der Waals surface area (Å²) < 4.78 is 0. The normalized spacial score (nSPS) is 15.2. The van der Waals surface area contributed by atoms with Crippen LogP contribution < -0.4 is 10.2 Å². The Hall–Kier alpha value is -2.47. The summed E-state index contributed by atoms with van der Waals surface area (Å²) in [4.78, 5) is 26.4. The maximum atomic E-state index is 12.8. The van der Waals surface area contributed by atoms with E-state index in [1.807, 2.05) is 32.0 Å². The first-order valence-corrected chi connectivity index (χ1v) is 9.17. The lowest BCUT2D eigenvalue weighted by Crippen LogP contribution is -2.45. The van der Waals surface area contributed by atoms with E-state index in [0.29, 0.717) is 11.6 Å². The predicted molar refractivity (Wildman–Crippen MR) is 105 cm³/mol. The summed E-state index contributed by atoms with van der Waals surface area (Å²) in [5.74, 6) is 0.457. The first-order valence-electron chi connectivity index (χ1n) is 9.17. The fraction of sp³-hybridized carbons (Fsp3) is 0.450. The Morgan fingerprint density at radius 3 is 2.58 bits per heavy atom. The molecule has 1 aliphatic heterocycles. The van der Waals surface area contributed by atoms with Crippen LogP contribution in [0.15, 0.2) is 24.3 Å². The lowest BCUT2D eigenvalue weighted by atomic mass is 10.1. The Morgan fingerprint density at radius 2 is 1.88 bits per heavy atom. The molecular formula is C20H27N5O. The Bertz CT molecular complexity index is 797. The molecule has 1 aliphatic rings. The van der Waals surface area contributed by atoms with E-state index in [1.165, 1.54) is 0 Å². The van der Waals surface area contributed by atoms with Gasteiger partial charge in [0.15, 0.2) is 0 Å². The number of aryl methyl sites for hydroxylation is 3. The van der Waals surface area contributed by atoms with Gasteiger partial charge in [-0.3, -0.25) is 4.79 Å². The van der Waals surface area contributed by atoms with Crippen LogP contribution in [0.2, 0.25) is 0 Å². The zero-order chi connectivity index (χ0) is 18.7. The van der Waals surface area contributed by atoms with Crippen LogP contribution in [0.5, 0.6) is 0 Å². The van der Waals surface area contributed by atoms with Gasteiger partial charge in [0.05, 0.1) is 0 Å². The molecule has 1 N–H and O–H groups in total. The molecule has 0 spiro atoms. The van der Waals surface area contributed by atoms with Crippen LogP contribution in [0.3, 0.4) is 0 Å². The summed E-state index contributed by atoms with van der Waals surface area (Å²) >= 11 is 0. The molecule has 2 heterocycles. The van der Waals surface area contributed by atoms with E-state index in [-0.39, 0.29) is 5.91 Å². The number of amides is 1. The van der Waals surface area contributed by atoms with E-state index < -0.39 is 0 Å². The van der Waals surface area contributed by atoms with Crippen LogP contribution in [0.4, 0.5) is 11.6 Å². The third-order valence-electron chi connectivity index (χ3n) is 4.84. The highest BCUT2D eigenvalue weighted by molar-refractivity contribution is 6.04. The van der Waals surface area contributed by atoms with Gasteiger partial charge in [-0.2, -0.15) is 0 Å². The van der Waals surface area contributed by atoms with E-state index in [4.69, 9.17) is 0 Å². The zero-order valence-corrected chi connectivity index (χ0v) is 16.0. The molecule has 6 nitrogen and oxygen atoms in total. The van der Waals surface area contributed by atoms with E-state index in [9.17, 15) is 4.79 Å². The highest BCUT2D eigenvalue weighted by Crippen LogP contribution is 2.22. The van der Waals surface area contributed by atoms with Crippen molar-refractivity contribution in [2.75, 3.05) is 43.4 Å². The molecule has 3 rings (SSSR count). The van der Waals surface area contributed by atoms with Crippen LogP contribution in [0.25, 0.3) is 0 Å². The Morgan fingerprint density at radius 1 is 1.15 bits per heavy atom. The Kier molecular flexibility index (Phi) is 5.52. The minimum Gasteiger partial charge on any atom is -0.338 e. The van der Waals surface area contributed by atoms with Crippen molar-refractivity contribution in [1.82, 2.24) is 14.9 Å². The summed E-state index contributed by atoms with van der Waals surface area (Å²) in [6.45, 7) is 9.70. The Balaban J connectivity index is 1.84. The number of piperazine rings is 1. The van der Waals surface area contributed by atoms with Gasteiger partial charge in [-0.1, -0.05) is 25.1 Å². The largest absolute Gasteiger partial charge is 0.338 e. The number of rotatable bonds is 4. The Labute approximate surface area is 155 Å². The lowest BCUT2D eigenvalue weighted by molar-refractivity contribution is 0.102. The zero-order valence-electron chi connectivity index (χ0n) is 16.0. The second-order valence-electron chi connectivity index (χ2n) is 6.90. The SMILES string of the molecule is CCc1cccc(C)c1NC(=O)c1cc(C)nc(N2CCN(C)CC2)n1. The topological polar surface area (TPSA) is 61.4 Å². The number of carbonyl (C=O) groups is 1. The van der Waals surface area contributed by atoms with Gasteiger partial charge in [0, 0.05) is 37.6 Å². The molecule has 0 atom stereocenters. The number of nitrogens with one attached hydrogen (secondary N) is 1. The summed E-state index contributed by atoms with van der Waals surface area (Å²) in [7, 11) is 2.11. The second kappa shape index (κ2) is 7.83. The van der Waals surface area contributed by atoms with Crippen LogP contribution in [0, 0.1) is 13.8 Å². The number of hydrogen-bond acceptors (Lipinski definition) is 5. The number of nitrogens with zero attached hydrogens (tertiary/aromatic N) is 4. The van der Waals surface area contributed by atoms with E-state index >= 15 is 0 Å². The molecule has 1 fully saturated rings. The van der Waals surface area contributed by atoms with Crippen molar-refractivity contribution in [2.24, 2.45) is 0 Å². The van der Waals surface area contributed by atoms with E-state index in [2.05, 4.69) is 39.1 Å². The van der Waals surface area contributed by atoms with Crippen molar-refractivity contribution >= 4 is 17.5 Å². The average molecular weight is 353 g/mol. The molecule has 2 aromatic rings. The maximum Gasteiger partial charge on any atom is 0.274 e. The first kappa shape index (κ1) is 18.3. The van der Waals surface area contributed by atoms with Gasteiger partial charge >= 0.3 is 0 Å². The molecule has 1 aromatic carbocycles. The molecule has 6 heteroatoms. The number of benzene rings is 1. The monoisotopic (exact) mass is 353 g/mol. The standard InChI is InChI=1S/C20H27N5O/c1-5-16-8-6-7-14(2)18(16)23-19(26)17-13-15(3)21-20(22-17)25-11-9-24(4)10-12-25/h6-8,13H,5,9-12H2,1-4H3,(H,23,26). The van der Waals surface area contributed by atoms with E-state index in [0.717, 1.165) is 55.1 Å². The van der Waals surface area contributed by atoms with Crippen molar-refractivity contribution in [1.29, 1.82) is 0 Å². The molecule has 26 heavy (non-hydrogen) atoms. The van der Waals surface area contributed by atoms with Crippen molar-refractivity contribution < 1.29 is 4.79 Å². The quantitative estimate of drug-likeness (QED) is 0.916. The number of likely N-dealkylation sites (N-methyl/N-ethyl adjacent to an activating group) is 1. The number of carbonyl (C=O) groups excluding carboxylic acids is 1. The third-order valence-corrected chi connectivity index (χ3v) is 4.84. The summed E-state index contributed by atoms with van der Waals surface area (Å²) in [6, 6.07) is 7.82. The van der Waals surface area contributed by atoms with Gasteiger partial charge in [-0.15, -0.1) is 0 Å². The highest BCUT2D eigenvalue weighted by Gasteiger charge is 2.19. The number of para-hydroxylation sites is 1. The lowest BCUT2D eigenvalue weighted by Gasteiger charge is -2.32. The molecule has 0 saturated carbocycles. The van der Waals surface area contributed by atoms with Crippen molar-refractivity contribution in [3.8, 4) is 0 Å². The molecule has 1 saturated heterocycles. The fourth-order valence-corrected chi connectivity index (χ4v) is 3.20. The van der Waals surface area contributed by atoms with Crippen molar-refractivity contribution in [2.45, 2.75) is 27.2 Å². The van der Waals surface area contributed by atoms with Crippen molar-refractivity contribution in [3.05, 3.63) is 46.8 Å². The highest BCUT2D eigenvalue weighted by atomic mass is 16.1. The third kappa shape index (κ3) is 4.02. The molecule has 0 bridgehead atoms. The van der Waals surface area contributed by atoms with Gasteiger partial charge < -0.3 is 15.1 Å². The number of anilines is 2. The molecule has 0 radical (unpaired) electrons. The van der Waals surface area contributed by atoms with Crippen molar-refractivity contribution in [3.63, 3.8) is 0 Å². The maximum absolute atomic E-state index is 12.8. The second-order valence-corrected chi connectivity index (χ2v) is 6.90. The molecule has 1 aromatic heterocycles. The minimum absolute atomic E-state index is 0.185. The van der Waals surface area contributed by atoms with Gasteiger partial charge in [0.25, 0.3) is 5.91 Å².